The lowest BCUT2D eigenvalue weighted by Gasteiger charge is -2.17. The highest BCUT2D eigenvalue weighted by atomic mass is 16.3. The van der Waals surface area contributed by atoms with Crippen molar-refractivity contribution in [3.63, 3.8) is 0 Å². The normalized spacial score (nSPS) is 15.4. The van der Waals surface area contributed by atoms with E-state index in [1.54, 1.807) is 26.0 Å². The molecule has 0 spiro atoms. The smallest absolute Gasteiger partial charge is 0.123 e. The number of aliphatic hydroxyl groups excluding tert-OH is 1. The summed E-state index contributed by atoms with van der Waals surface area (Å²) in [7, 11) is 0. The van der Waals surface area contributed by atoms with Gasteiger partial charge in [-0.25, -0.2) is 0 Å². The Morgan fingerprint density at radius 3 is 2.54 bits per heavy atom. The third kappa shape index (κ3) is 1.99. The molecule has 0 bridgehead atoms. The molecular formula is C10H15NO2. The Morgan fingerprint density at radius 1 is 1.38 bits per heavy atom. The van der Waals surface area contributed by atoms with Crippen molar-refractivity contribution in [2.24, 2.45) is 5.73 Å². The molecule has 0 unspecified atom stereocenters. The lowest BCUT2D eigenvalue weighted by Crippen LogP contribution is -2.23. The molecule has 4 N–H and O–H groups in total. The van der Waals surface area contributed by atoms with Gasteiger partial charge in [-0.3, -0.25) is 0 Å². The molecule has 0 aromatic heterocycles. The number of nitrogens with two attached hydrogens (primary N) is 1. The SMILES string of the molecule is Cc1cccc([C@@H](N)[C@@H](C)O)c1O. The fourth-order valence-corrected chi connectivity index (χ4v) is 1.21. The monoisotopic (exact) mass is 181 g/mol. The van der Waals surface area contributed by atoms with Gasteiger partial charge in [0, 0.05) is 5.56 Å². The molecule has 0 aliphatic carbocycles. The molecule has 3 heteroatoms. The van der Waals surface area contributed by atoms with Crippen molar-refractivity contribution in [1.82, 2.24) is 0 Å². The molecule has 0 radical (unpaired) electrons. The Bertz CT molecular complexity index is 297. The second-order valence-electron chi connectivity index (χ2n) is 3.28. The molecule has 13 heavy (non-hydrogen) atoms. The quantitative estimate of drug-likeness (QED) is 0.639. The predicted molar refractivity (Wildman–Crippen MR) is 51.5 cm³/mol. The average molecular weight is 181 g/mol. The maximum Gasteiger partial charge on any atom is 0.123 e. The van der Waals surface area contributed by atoms with Crippen LogP contribution in [-0.4, -0.2) is 16.3 Å². The second-order valence-corrected chi connectivity index (χ2v) is 3.28. The van der Waals surface area contributed by atoms with E-state index < -0.39 is 12.1 Å². The number of para-hydroxylation sites is 1. The summed E-state index contributed by atoms with van der Waals surface area (Å²) in [6.45, 7) is 3.40. The summed E-state index contributed by atoms with van der Waals surface area (Å²) in [4.78, 5) is 0. The van der Waals surface area contributed by atoms with Gasteiger partial charge < -0.3 is 15.9 Å². The molecule has 1 aromatic carbocycles. The molecule has 0 fully saturated rings. The number of rotatable bonds is 2. The van der Waals surface area contributed by atoms with Crippen LogP contribution < -0.4 is 5.73 Å². The topological polar surface area (TPSA) is 66.5 Å². The van der Waals surface area contributed by atoms with Crippen LogP contribution in [0.3, 0.4) is 0 Å². The van der Waals surface area contributed by atoms with Gasteiger partial charge in [-0.2, -0.15) is 0 Å². The van der Waals surface area contributed by atoms with Crippen molar-refractivity contribution >= 4 is 0 Å². The Kier molecular flexibility index (Phi) is 2.90. The van der Waals surface area contributed by atoms with E-state index in [2.05, 4.69) is 0 Å². The highest BCUT2D eigenvalue weighted by Gasteiger charge is 2.16. The first kappa shape index (κ1) is 10.0. The Labute approximate surface area is 77.8 Å². The van der Waals surface area contributed by atoms with Crippen molar-refractivity contribution in [2.75, 3.05) is 0 Å². The highest BCUT2D eigenvalue weighted by molar-refractivity contribution is 5.41. The van der Waals surface area contributed by atoms with E-state index in [0.717, 1.165) is 5.56 Å². The van der Waals surface area contributed by atoms with Crippen LogP contribution in [0.25, 0.3) is 0 Å². The van der Waals surface area contributed by atoms with Crippen LogP contribution in [0.5, 0.6) is 5.75 Å². The van der Waals surface area contributed by atoms with Crippen LogP contribution in [0.15, 0.2) is 18.2 Å². The van der Waals surface area contributed by atoms with E-state index in [1.807, 2.05) is 6.07 Å². The fourth-order valence-electron chi connectivity index (χ4n) is 1.21. The van der Waals surface area contributed by atoms with E-state index in [9.17, 15) is 10.2 Å². The van der Waals surface area contributed by atoms with Crippen LogP contribution in [0.1, 0.15) is 24.1 Å². The Balaban J connectivity index is 3.07. The van der Waals surface area contributed by atoms with Crippen molar-refractivity contribution in [1.29, 1.82) is 0 Å². The van der Waals surface area contributed by atoms with Gasteiger partial charge in [0.25, 0.3) is 0 Å². The zero-order valence-electron chi connectivity index (χ0n) is 7.86. The van der Waals surface area contributed by atoms with Gasteiger partial charge in [0.05, 0.1) is 12.1 Å². The van der Waals surface area contributed by atoms with E-state index in [0.29, 0.717) is 5.56 Å². The van der Waals surface area contributed by atoms with Gasteiger partial charge >= 0.3 is 0 Å². The Morgan fingerprint density at radius 2 is 2.00 bits per heavy atom. The first-order valence-electron chi connectivity index (χ1n) is 4.26. The van der Waals surface area contributed by atoms with E-state index in [4.69, 9.17) is 5.73 Å². The minimum Gasteiger partial charge on any atom is -0.507 e. The molecule has 0 aliphatic rings. The summed E-state index contributed by atoms with van der Waals surface area (Å²) in [5.41, 5.74) is 7.06. The van der Waals surface area contributed by atoms with E-state index in [1.165, 1.54) is 0 Å². The Hall–Kier alpha value is -1.06. The summed E-state index contributed by atoms with van der Waals surface area (Å²) in [6.07, 6.45) is -0.660. The summed E-state index contributed by atoms with van der Waals surface area (Å²) in [5, 5.41) is 18.9. The van der Waals surface area contributed by atoms with Crippen molar-refractivity contribution < 1.29 is 10.2 Å². The largest absolute Gasteiger partial charge is 0.507 e. The average Bonchev–Trinajstić information content (AvgIpc) is 2.08. The zero-order chi connectivity index (χ0) is 10.0. The van der Waals surface area contributed by atoms with Crippen molar-refractivity contribution in [3.8, 4) is 5.75 Å². The second kappa shape index (κ2) is 3.77. The molecule has 3 nitrogen and oxygen atoms in total. The predicted octanol–water partition coefficient (Wildman–Crippen LogP) is 1.08. The molecule has 0 aliphatic heterocycles. The van der Waals surface area contributed by atoms with Crippen LogP contribution in [0.4, 0.5) is 0 Å². The third-order valence-corrected chi connectivity index (χ3v) is 2.15. The third-order valence-electron chi connectivity index (χ3n) is 2.15. The maximum absolute atomic E-state index is 9.63. The van der Waals surface area contributed by atoms with Gasteiger partial charge in [-0.15, -0.1) is 0 Å². The number of aryl methyl sites for hydroxylation is 1. The van der Waals surface area contributed by atoms with Gasteiger partial charge in [0.15, 0.2) is 0 Å². The van der Waals surface area contributed by atoms with Crippen LogP contribution in [0.2, 0.25) is 0 Å². The molecule has 0 amide bonds. The molecule has 72 valence electrons. The van der Waals surface area contributed by atoms with E-state index in [-0.39, 0.29) is 5.75 Å². The number of phenolic OH excluding ortho intramolecular Hbond substituents is 1. The molecule has 2 atom stereocenters. The molecule has 0 saturated carbocycles. The van der Waals surface area contributed by atoms with Gasteiger partial charge in [-0.05, 0) is 19.4 Å². The summed E-state index contributed by atoms with van der Waals surface area (Å²) >= 11 is 0. The standard InChI is InChI=1S/C10H15NO2/c1-6-4-3-5-8(10(6)13)9(11)7(2)12/h3-5,7,9,12-13H,11H2,1-2H3/t7-,9+/m1/s1. The number of aliphatic hydroxyl groups is 1. The van der Waals surface area contributed by atoms with Crippen LogP contribution in [-0.2, 0) is 0 Å². The first-order valence-corrected chi connectivity index (χ1v) is 4.26. The van der Waals surface area contributed by atoms with Crippen molar-refractivity contribution in [2.45, 2.75) is 26.0 Å². The number of hydrogen-bond acceptors (Lipinski definition) is 3. The lowest BCUT2D eigenvalue weighted by molar-refractivity contribution is 0.163. The molecule has 0 heterocycles. The fraction of sp³-hybridized carbons (Fsp3) is 0.400. The minimum atomic E-state index is -0.660. The van der Waals surface area contributed by atoms with E-state index >= 15 is 0 Å². The highest BCUT2D eigenvalue weighted by Crippen LogP contribution is 2.27. The molecule has 1 rings (SSSR count). The van der Waals surface area contributed by atoms with Crippen molar-refractivity contribution in [3.05, 3.63) is 29.3 Å². The van der Waals surface area contributed by atoms with Crippen LogP contribution in [0, 0.1) is 6.92 Å². The minimum absolute atomic E-state index is 0.177. The number of benzene rings is 1. The zero-order valence-corrected chi connectivity index (χ0v) is 7.86. The summed E-state index contributed by atoms with van der Waals surface area (Å²) in [6, 6.07) is 4.81. The molecular weight excluding hydrogens is 166 g/mol. The van der Waals surface area contributed by atoms with Gasteiger partial charge in [0.1, 0.15) is 5.75 Å². The molecule has 1 aromatic rings. The number of phenols is 1. The summed E-state index contributed by atoms with van der Waals surface area (Å²) in [5.74, 6) is 0.177. The van der Waals surface area contributed by atoms with Gasteiger partial charge in [0.2, 0.25) is 0 Å². The number of hydrogen-bond donors (Lipinski definition) is 3. The number of aromatic hydroxyl groups is 1. The molecule has 0 saturated heterocycles. The van der Waals surface area contributed by atoms with Gasteiger partial charge in [-0.1, -0.05) is 18.2 Å². The summed E-state index contributed by atoms with van der Waals surface area (Å²) < 4.78 is 0. The lowest BCUT2D eigenvalue weighted by atomic mass is 10.00. The first-order chi connectivity index (χ1) is 6.04. The van der Waals surface area contributed by atoms with Crippen LogP contribution >= 0.6 is 0 Å². The maximum atomic E-state index is 9.63.